The second-order valence-corrected chi connectivity index (χ2v) is 9.41. The second-order valence-electron chi connectivity index (χ2n) is 9.41. The lowest BCUT2D eigenvalue weighted by Crippen LogP contribution is -2.54. The minimum Gasteiger partial charge on any atom is -0.481 e. The molecule has 8 atom stereocenters. The van der Waals surface area contributed by atoms with Gasteiger partial charge in [-0.3, -0.25) is 19.2 Å². The predicted molar refractivity (Wildman–Crippen MR) is 117 cm³/mol. The normalized spacial score (nSPS) is 38.2. The van der Waals surface area contributed by atoms with E-state index in [2.05, 4.69) is 37.2 Å². The van der Waals surface area contributed by atoms with E-state index in [1.807, 2.05) is 0 Å². The monoisotopic (exact) mass is 466 g/mol. The van der Waals surface area contributed by atoms with E-state index in [-0.39, 0.29) is 35.7 Å². The summed E-state index contributed by atoms with van der Waals surface area (Å²) in [4.78, 5) is 49.9. The van der Waals surface area contributed by atoms with E-state index in [1.165, 1.54) is 0 Å². The van der Waals surface area contributed by atoms with Crippen molar-refractivity contribution in [1.82, 2.24) is 37.2 Å². The van der Waals surface area contributed by atoms with Crippen LogP contribution in [0.1, 0.15) is 0 Å². The summed E-state index contributed by atoms with van der Waals surface area (Å²) >= 11 is 0. The van der Waals surface area contributed by atoms with Crippen LogP contribution in [0, 0.1) is 23.7 Å². The molecule has 4 rings (SSSR count). The number of amides is 3. The van der Waals surface area contributed by atoms with Crippen LogP contribution in [-0.2, 0) is 19.2 Å². The molecule has 0 aromatic rings. The van der Waals surface area contributed by atoms with Gasteiger partial charge < -0.3 is 48.1 Å². The van der Waals surface area contributed by atoms with Gasteiger partial charge in [0.15, 0.2) is 0 Å². The fourth-order valence-corrected chi connectivity index (χ4v) is 5.16. The summed E-state index contributed by atoms with van der Waals surface area (Å²) < 4.78 is 0. The van der Waals surface area contributed by atoms with E-state index in [9.17, 15) is 24.3 Å². The molecule has 4 saturated heterocycles. The number of hydrogen-bond donors (Lipinski definition) is 9. The van der Waals surface area contributed by atoms with E-state index in [4.69, 9.17) is 5.73 Å². The summed E-state index contributed by atoms with van der Waals surface area (Å²) in [6.45, 7) is 3.57. The zero-order valence-corrected chi connectivity index (χ0v) is 18.4. The minimum atomic E-state index is -0.948. The third-order valence-electron chi connectivity index (χ3n) is 7.21. The Labute approximate surface area is 191 Å². The zero-order chi connectivity index (χ0) is 23.5. The van der Waals surface area contributed by atoms with Crippen molar-refractivity contribution >= 4 is 23.7 Å². The molecule has 4 aliphatic rings. The van der Waals surface area contributed by atoms with Crippen molar-refractivity contribution in [3.63, 3.8) is 0 Å². The maximum atomic E-state index is 13.0. The summed E-state index contributed by atoms with van der Waals surface area (Å²) in [5.41, 5.74) is 5.99. The van der Waals surface area contributed by atoms with E-state index in [0.717, 1.165) is 0 Å². The highest BCUT2D eigenvalue weighted by molar-refractivity contribution is 5.86. The standard InChI is InChI=1S/C20H34N8O5/c21-13-5-22-1-9(13)17(29)26-14-6-23-2-10(14)18(30)27-15-7-24-3-11(15)19(31)28-16-8-25-4-12(16)20(32)33/h9-16,22-25H,1-8,21H2,(H,26,29)(H,27,30)(H,28,31)(H,32,33). The molecule has 0 bridgehead atoms. The molecule has 3 amide bonds. The van der Waals surface area contributed by atoms with Gasteiger partial charge in [-0.15, -0.1) is 0 Å². The Morgan fingerprint density at radius 2 is 0.939 bits per heavy atom. The van der Waals surface area contributed by atoms with E-state index < -0.39 is 35.8 Å². The van der Waals surface area contributed by atoms with Crippen molar-refractivity contribution in [2.24, 2.45) is 29.4 Å². The number of carboxylic acid groups (broad SMARTS) is 1. The number of carbonyl (C=O) groups is 4. The molecule has 0 aromatic heterocycles. The lowest BCUT2D eigenvalue weighted by Gasteiger charge is -2.26. The van der Waals surface area contributed by atoms with Crippen LogP contribution in [0.4, 0.5) is 0 Å². The fraction of sp³-hybridized carbons (Fsp3) is 0.800. The second kappa shape index (κ2) is 10.3. The number of rotatable bonds is 7. The Bertz CT molecular complexity index is 782. The van der Waals surface area contributed by atoms with Gasteiger partial charge in [-0.05, 0) is 0 Å². The van der Waals surface area contributed by atoms with Crippen LogP contribution >= 0.6 is 0 Å². The van der Waals surface area contributed by atoms with Gasteiger partial charge in [0.2, 0.25) is 17.7 Å². The lowest BCUT2D eigenvalue weighted by molar-refractivity contribution is -0.142. The molecule has 33 heavy (non-hydrogen) atoms. The van der Waals surface area contributed by atoms with Crippen LogP contribution in [-0.4, -0.2) is 105 Å². The van der Waals surface area contributed by atoms with Gasteiger partial charge in [-0.1, -0.05) is 0 Å². The number of hydrogen-bond acceptors (Lipinski definition) is 9. The summed E-state index contributed by atoms with van der Waals surface area (Å²) in [6, 6.07) is -1.50. The van der Waals surface area contributed by atoms with Crippen LogP contribution in [0.25, 0.3) is 0 Å². The summed E-state index contributed by atoms with van der Waals surface area (Å²) in [5, 5.41) is 30.5. The van der Waals surface area contributed by atoms with Crippen LogP contribution in [0.3, 0.4) is 0 Å². The maximum Gasteiger partial charge on any atom is 0.309 e. The maximum absolute atomic E-state index is 13.0. The van der Waals surface area contributed by atoms with Crippen molar-refractivity contribution in [3.8, 4) is 0 Å². The molecule has 13 heteroatoms. The predicted octanol–water partition coefficient (Wildman–Crippen LogP) is -5.27. The van der Waals surface area contributed by atoms with Crippen molar-refractivity contribution in [2.75, 3.05) is 52.4 Å². The lowest BCUT2D eigenvalue weighted by atomic mass is 9.96. The summed E-state index contributed by atoms with van der Waals surface area (Å²) in [5.74, 6) is -3.56. The molecule has 4 heterocycles. The van der Waals surface area contributed by atoms with E-state index in [0.29, 0.717) is 52.4 Å². The smallest absolute Gasteiger partial charge is 0.309 e. The first-order valence-electron chi connectivity index (χ1n) is 11.6. The Kier molecular flexibility index (Phi) is 7.44. The van der Waals surface area contributed by atoms with Crippen molar-refractivity contribution in [2.45, 2.75) is 24.2 Å². The average Bonchev–Trinajstić information content (AvgIpc) is 3.55. The molecule has 4 fully saturated rings. The number of nitrogens with one attached hydrogen (secondary N) is 7. The Hall–Kier alpha value is -2.32. The Balaban J connectivity index is 1.31. The van der Waals surface area contributed by atoms with Crippen molar-refractivity contribution in [1.29, 1.82) is 0 Å². The Morgan fingerprint density at radius 3 is 1.36 bits per heavy atom. The number of aliphatic carboxylic acids is 1. The molecule has 0 spiro atoms. The van der Waals surface area contributed by atoms with Gasteiger partial charge in [0.25, 0.3) is 0 Å². The molecular weight excluding hydrogens is 432 g/mol. The molecule has 0 radical (unpaired) electrons. The molecule has 0 aromatic carbocycles. The molecule has 10 N–H and O–H groups in total. The fourth-order valence-electron chi connectivity index (χ4n) is 5.16. The van der Waals surface area contributed by atoms with E-state index >= 15 is 0 Å². The van der Waals surface area contributed by atoms with Gasteiger partial charge in [0.05, 0.1) is 41.8 Å². The van der Waals surface area contributed by atoms with Gasteiger partial charge in [0.1, 0.15) is 0 Å². The highest BCUT2D eigenvalue weighted by Crippen LogP contribution is 2.17. The average molecular weight is 467 g/mol. The first kappa shape index (κ1) is 23.8. The number of carboxylic acids is 1. The minimum absolute atomic E-state index is 0.156. The van der Waals surface area contributed by atoms with Gasteiger partial charge >= 0.3 is 5.97 Å². The summed E-state index contributed by atoms with van der Waals surface area (Å²) in [6.07, 6.45) is 0. The van der Waals surface area contributed by atoms with Crippen LogP contribution in [0.2, 0.25) is 0 Å². The molecule has 4 aliphatic heterocycles. The highest BCUT2D eigenvalue weighted by atomic mass is 16.4. The summed E-state index contributed by atoms with van der Waals surface area (Å²) in [7, 11) is 0. The zero-order valence-electron chi connectivity index (χ0n) is 18.4. The SMILES string of the molecule is NC1CNCC1C(=O)NC1CNCC1C(=O)NC1CNCC1C(=O)NC1CNCC1C(=O)O. The van der Waals surface area contributed by atoms with Crippen LogP contribution in [0.15, 0.2) is 0 Å². The molecule has 0 aliphatic carbocycles. The number of carbonyl (C=O) groups excluding carboxylic acids is 3. The van der Waals surface area contributed by atoms with Crippen molar-refractivity contribution < 1.29 is 24.3 Å². The number of nitrogens with two attached hydrogens (primary N) is 1. The van der Waals surface area contributed by atoms with E-state index in [1.54, 1.807) is 0 Å². The third-order valence-corrected chi connectivity index (χ3v) is 7.21. The van der Waals surface area contributed by atoms with Gasteiger partial charge in [0, 0.05) is 58.4 Å². The Morgan fingerprint density at radius 1 is 0.576 bits per heavy atom. The van der Waals surface area contributed by atoms with Gasteiger partial charge in [-0.25, -0.2) is 0 Å². The molecule has 0 saturated carbocycles. The topological polar surface area (TPSA) is 199 Å². The first-order valence-corrected chi connectivity index (χ1v) is 11.6. The largest absolute Gasteiger partial charge is 0.481 e. The van der Waals surface area contributed by atoms with Crippen LogP contribution < -0.4 is 43.0 Å². The van der Waals surface area contributed by atoms with Crippen molar-refractivity contribution in [3.05, 3.63) is 0 Å². The molecule has 8 unspecified atom stereocenters. The molecule has 184 valence electrons. The quantitative estimate of drug-likeness (QED) is 0.175. The van der Waals surface area contributed by atoms with Crippen LogP contribution in [0.5, 0.6) is 0 Å². The molecular formula is C20H34N8O5. The van der Waals surface area contributed by atoms with Gasteiger partial charge in [-0.2, -0.15) is 0 Å². The highest BCUT2D eigenvalue weighted by Gasteiger charge is 2.42. The molecule has 13 nitrogen and oxygen atoms in total. The first-order chi connectivity index (χ1) is 15.8. The third kappa shape index (κ3) is 5.27.